The van der Waals surface area contributed by atoms with Gasteiger partial charge in [0.1, 0.15) is 18.2 Å². The van der Waals surface area contributed by atoms with Gasteiger partial charge in [-0.2, -0.15) is 0 Å². The zero-order chi connectivity index (χ0) is 19.1. The van der Waals surface area contributed by atoms with Crippen LogP contribution in [-0.2, 0) is 15.1 Å². The third-order valence-corrected chi connectivity index (χ3v) is 4.54. The molecule has 5 heteroatoms. The van der Waals surface area contributed by atoms with Crippen LogP contribution in [0.4, 0.5) is 4.39 Å². The van der Waals surface area contributed by atoms with Crippen LogP contribution in [0.15, 0.2) is 48.5 Å². The molecule has 1 heterocycles. The van der Waals surface area contributed by atoms with Gasteiger partial charge in [0.15, 0.2) is 11.9 Å². The first kappa shape index (κ1) is 19.4. The largest absolute Gasteiger partial charge is 0.491 e. The van der Waals surface area contributed by atoms with E-state index in [1.807, 2.05) is 0 Å². The van der Waals surface area contributed by atoms with Crippen LogP contribution in [0.2, 0.25) is 0 Å². The van der Waals surface area contributed by atoms with Crippen LogP contribution < -0.4 is 4.74 Å². The van der Waals surface area contributed by atoms with Gasteiger partial charge in [-0.15, -0.1) is 6.42 Å². The van der Waals surface area contributed by atoms with Gasteiger partial charge in [0.25, 0.3) is 0 Å². The molecule has 1 aliphatic rings. The van der Waals surface area contributed by atoms with Crippen molar-refractivity contribution in [2.75, 3.05) is 19.8 Å². The maximum atomic E-state index is 13.1. The van der Waals surface area contributed by atoms with Crippen molar-refractivity contribution in [3.8, 4) is 18.1 Å². The summed E-state index contributed by atoms with van der Waals surface area (Å²) in [4.78, 5) is 0. The second-order valence-electron chi connectivity index (χ2n) is 6.40. The lowest BCUT2D eigenvalue weighted by atomic mass is 9.87. The Kier molecular flexibility index (Phi) is 6.46. The number of rotatable bonds is 7. The van der Waals surface area contributed by atoms with E-state index >= 15 is 0 Å². The third kappa shape index (κ3) is 4.86. The fourth-order valence-electron chi connectivity index (χ4n) is 3.00. The fraction of sp³-hybridized carbons (Fsp3) is 0.364. The number of halogens is 1. The highest BCUT2D eigenvalue weighted by atomic mass is 19.1. The highest BCUT2D eigenvalue weighted by molar-refractivity contribution is 5.45. The van der Waals surface area contributed by atoms with E-state index in [2.05, 4.69) is 5.92 Å². The Morgan fingerprint density at radius 3 is 2.33 bits per heavy atom. The molecule has 0 spiro atoms. The molecule has 2 aromatic carbocycles. The topological polar surface area (TPSA) is 47.9 Å². The number of aliphatic hydroxyl groups is 1. The van der Waals surface area contributed by atoms with Gasteiger partial charge < -0.3 is 19.3 Å². The van der Waals surface area contributed by atoms with Crippen LogP contribution in [0, 0.1) is 18.2 Å². The van der Waals surface area contributed by atoms with Gasteiger partial charge in [0.05, 0.1) is 6.61 Å². The minimum atomic E-state index is -1.63. The molecule has 1 aliphatic heterocycles. The zero-order valence-corrected chi connectivity index (χ0v) is 15.1. The first-order valence-corrected chi connectivity index (χ1v) is 9.04. The predicted octanol–water partition coefficient (Wildman–Crippen LogP) is 3.62. The monoisotopic (exact) mass is 370 g/mol. The molecule has 0 aromatic heterocycles. The average molecular weight is 370 g/mol. The summed E-state index contributed by atoms with van der Waals surface area (Å²) in [6, 6.07) is 12.4. The summed E-state index contributed by atoms with van der Waals surface area (Å²) >= 11 is 0. The van der Waals surface area contributed by atoms with E-state index in [1.165, 1.54) is 24.3 Å². The van der Waals surface area contributed by atoms with Crippen molar-refractivity contribution < 1.29 is 23.7 Å². The lowest BCUT2D eigenvalue weighted by Crippen LogP contribution is -2.25. The third-order valence-electron chi connectivity index (χ3n) is 4.54. The Morgan fingerprint density at radius 1 is 1.07 bits per heavy atom. The molecule has 142 valence electrons. The quantitative estimate of drug-likeness (QED) is 0.597. The van der Waals surface area contributed by atoms with Crippen LogP contribution >= 0.6 is 0 Å². The minimum Gasteiger partial charge on any atom is -0.491 e. The van der Waals surface area contributed by atoms with Crippen molar-refractivity contribution in [1.82, 2.24) is 0 Å². The molecule has 0 amide bonds. The van der Waals surface area contributed by atoms with E-state index in [1.54, 1.807) is 24.3 Å². The summed E-state index contributed by atoms with van der Waals surface area (Å²) in [7, 11) is 0. The molecule has 0 saturated carbocycles. The molecule has 0 radical (unpaired) electrons. The van der Waals surface area contributed by atoms with Crippen molar-refractivity contribution in [3.63, 3.8) is 0 Å². The number of ether oxygens (including phenoxy) is 3. The van der Waals surface area contributed by atoms with Gasteiger partial charge in [-0.3, -0.25) is 0 Å². The second kappa shape index (κ2) is 9.01. The first-order valence-electron chi connectivity index (χ1n) is 9.04. The van der Waals surface area contributed by atoms with E-state index < -0.39 is 5.60 Å². The van der Waals surface area contributed by atoms with Crippen LogP contribution in [0.3, 0.4) is 0 Å². The Balaban J connectivity index is 1.57. The Bertz CT molecular complexity index is 760. The highest BCUT2D eigenvalue weighted by Crippen LogP contribution is 2.30. The Hall–Kier alpha value is -2.39. The van der Waals surface area contributed by atoms with E-state index in [9.17, 15) is 9.50 Å². The summed E-state index contributed by atoms with van der Waals surface area (Å²) in [5, 5.41) is 10.9. The number of terminal acetylenes is 1. The molecule has 0 bridgehead atoms. The SMILES string of the molecule is C#CC(O)(c1ccc(F)cc1)c1ccc(OCCOC2CCCCO2)cc1. The molecular weight excluding hydrogens is 347 g/mol. The predicted molar refractivity (Wildman–Crippen MR) is 99.7 cm³/mol. The minimum absolute atomic E-state index is 0.133. The molecule has 1 saturated heterocycles. The second-order valence-corrected chi connectivity index (χ2v) is 6.40. The molecule has 1 N–H and O–H groups in total. The van der Waals surface area contributed by atoms with Crippen molar-refractivity contribution in [2.45, 2.75) is 31.2 Å². The van der Waals surface area contributed by atoms with Crippen molar-refractivity contribution >= 4 is 0 Å². The summed E-state index contributed by atoms with van der Waals surface area (Å²) in [6.07, 6.45) is 8.56. The fourth-order valence-corrected chi connectivity index (χ4v) is 3.00. The maximum Gasteiger partial charge on any atom is 0.176 e. The summed E-state index contributed by atoms with van der Waals surface area (Å²) < 4.78 is 29.9. The lowest BCUT2D eigenvalue weighted by Gasteiger charge is -2.24. The van der Waals surface area contributed by atoms with Gasteiger partial charge in [0, 0.05) is 17.7 Å². The van der Waals surface area contributed by atoms with Crippen molar-refractivity contribution in [1.29, 1.82) is 0 Å². The molecule has 0 aliphatic carbocycles. The Morgan fingerprint density at radius 2 is 1.74 bits per heavy atom. The lowest BCUT2D eigenvalue weighted by molar-refractivity contribution is -0.165. The van der Waals surface area contributed by atoms with Crippen LogP contribution in [0.1, 0.15) is 30.4 Å². The molecule has 4 nitrogen and oxygen atoms in total. The zero-order valence-electron chi connectivity index (χ0n) is 15.1. The van der Waals surface area contributed by atoms with E-state index in [4.69, 9.17) is 20.6 Å². The van der Waals surface area contributed by atoms with Crippen molar-refractivity contribution in [2.24, 2.45) is 0 Å². The van der Waals surface area contributed by atoms with Crippen LogP contribution in [0.25, 0.3) is 0 Å². The molecule has 1 fully saturated rings. The Labute approximate surface area is 158 Å². The van der Waals surface area contributed by atoms with E-state index in [0.717, 1.165) is 25.9 Å². The molecule has 3 rings (SSSR count). The summed E-state index contributed by atoms with van der Waals surface area (Å²) in [6.45, 7) is 1.59. The molecule has 2 aromatic rings. The van der Waals surface area contributed by atoms with Crippen LogP contribution in [-0.4, -0.2) is 31.2 Å². The number of benzene rings is 2. The van der Waals surface area contributed by atoms with Gasteiger partial charge >= 0.3 is 0 Å². The average Bonchev–Trinajstić information content (AvgIpc) is 2.72. The van der Waals surface area contributed by atoms with Crippen LogP contribution in [0.5, 0.6) is 5.75 Å². The smallest absolute Gasteiger partial charge is 0.176 e. The summed E-state index contributed by atoms with van der Waals surface area (Å²) in [5.41, 5.74) is -0.690. The standard InChI is InChI=1S/C22H23FO4/c1-2-22(24,17-6-10-19(23)11-7-17)18-8-12-20(13-9-18)25-15-16-27-21-5-3-4-14-26-21/h1,6-13,21,24H,3-5,14-16H2. The number of hydrogen-bond donors (Lipinski definition) is 1. The number of hydrogen-bond acceptors (Lipinski definition) is 4. The van der Waals surface area contributed by atoms with E-state index in [0.29, 0.717) is 30.1 Å². The van der Waals surface area contributed by atoms with E-state index in [-0.39, 0.29) is 12.1 Å². The highest BCUT2D eigenvalue weighted by Gasteiger charge is 2.29. The molecular formula is C22H23FO4. The van der Waals surface area contributed by atoms with Gasteiger partial charge in [-0.05, 0) is 43.5 Å². The molecule has 27 heavy (non-hydrogen) atoms. The normalized spacial score (nSPS) is 19.1. The van der Waals surface area contributed by atoms with Crippen molar-refractivity contribution in [3.05, 3.63) is 65.5 Å². The summed E-state index contributed by atoms with van der Waals surface area (Å²) in [5.74, 6) is 2.65. The maximum absolute atomic E-state index is 13.1. The molecule has 2 atom stereocenters. The van der Waals surface area contributed by atoms with Gasteiger partial charge in [-0.1, -0.05) is 30.2 Å². The van der Waals surface area contributed by atoms with Gasteiger partial charge in [-0.25, -0.2) is 4.39 Å². The first-order chi connectivity index (χ1) is 13.1. The molecule has 2 unspecified atom stereocenters. The van der Waals surface area contributed by atoms with Gasteiger partial charge in [0.2, 0.25) is 0 Å².